The monoisotopic (exact) mass is 312 g/mol. The lowest BCUT2D eigenvalue weighted by Gasteiger charge is -2.36. The number of thioether (sulfide) groups is 1. The quantitative estimate of drug-likeness (QED) is 0.629. The van der Waals surface area contributed by atoms with Crippen LogP contribution in [0.15, 0.2) is 4.99 Å². The zero-order chi connectivity index (χ0) is 15.2. The molecule has 120 valence electrons. The predicted molar refractivity (Wildman–Crippen MR) is 89.8 cm³/mol. The molecule has 2 rings (SSSR count). The van der Waals surface area contributed by atoms with E-state index < -0.39 is 0 Å². The van der Waals surface area contributed by atoms with Gasteiger partial charge in [0.15, 0.2) is 5.96 Å². The number of nitrogens with one attached hydrogen (secondary N) is 1. The molecular formula is C15H28N4OS. The van der Waals surface area contributed by atoms with E-state index in [2.05, 4.69) is 29.1 Å². The summed E-state index contributed by atoms with van der Waals surface area (Å²) >= 11 is 2.05. The maximum absolute atomic E-state index is 12.1. The Morgan fingerprint density at radius 2 is 2.00 bits per heavy atom. The predicted octanol–water partition coefficient (Wildman–Crippen LogP) is 1.26. The van der Waals surface area contributed by atoms with Gasteiger partial charge in [-0.1, -0.05) is 13.8 Å². The topological polar surface area (TPSA) is 47.9 Å². The zero-order valence-electron chi connectivity index (χ0n) is 13.5. The maximum atomic E-state index is 12.1. The van der Waals surface area contributed by atoms with Gasteiger partial charge in [-0.2, -0.15) is 11.8 Å². The highest BCUT2D eigenvalue weighted by Gasteiger charge is 2.25. The summed E-state index contributed by atoms with van der Waals surface area (Å²) in [5, 5.41) is 3.90. The molecule has 5 nitrogen and oxygen atoms in total. The fourth-order valence-corrected chi connectivity index (χ4v) is 4.14. The van der Waals surface area contributed by atoms with Crippen molar-refractivity contribution in [1.29, 1.82) is 0 Å². The number of carbonyl (C=O) groups excluding carboxylic acids is 1. The van der Waals surface area contributed by atoms with E-state index in [9.17, 15) is 4.79 Å². The highest BCUT2D eigenvalue weighted by atomic mass is 32.2. The third kappa shape index (κ3) is 4.53. The molecule has 2 aliphatic heterocycles. The highest BCUT2D eigenvalue weighted by Crippen LogP contribution is 2.24. The largest absolute Gasteiger partial charge is 0.347 e. The SMILES string of the molecule is CN=C(NCC(=O)N1CCCC1)N1CCSC(C(C)C)C1. The average Bonchev–Trinajstić information content (AvgIpc) is 3.02. The first kappa shape index (κ1) is 16.5. The lowest BCUT2D eigenvalue weighted by molar-refractivity contribution is -0.128. The van der Waals surface area contributed by atoms with Gasteiger partial charge in [0.1, 0.15) is 0 Å². The first-order chi connectivity index (χ1) is 10.1. The number of likely N-dealkylation sites (tertiary alicyclic amines) is 1. The van der Waals surface area contributed by atoms with Crippen LogP contribution in [0.25, 0.3) is 0 Å². The number of hydrogen-bond donors (Lipinski definition) is 1. The van der Waals surface area contributed by atoms with Crippen molar-refractivity contribution in [2.45, 2.75) is 31.9 Å². The number of nitrogens with zero attached hydrogens (tertiary/aromatic N) is 3. The first-order valence-electron chi connectivity index (χ1n) is 7.96. The van der Waals surface area contributed by atoms with Crippen LogP contribution >= 0.6 is 11.8 Å². The third-order valence-electron chi connectivity index (χ3n) is 4.20. The molecule has 0 aromatic heterocycles. The summed E-state index contributed by atoms with van der Waals surface area (Å²) in [7, 11) is 1.80. The Morgan fingerprint density at radius 3 is 2.62 bits per heavy atom. The van der Waals surface area contributed by atoms with Gasteiger partial charge in [0.2, 0.25) is 5.91 Å². The number of carbonyl (C=O) groups is 1. The van der Waals surface area contributed by atoms with Gasteiger partial charge in [-0.3, -0.25) is 9.79 Å². The van der Waals surface area contributed by atoms with Crippen molar-refractivity contribution in [2.75, 3.05) is 45.5 Å². The number of aliphatic imine (C=N–C) groups is 1. The van der Waals surface area contributed by atoms with Crippen LogP contribution in [0.4, 0.5) is 0 Å². The van der Waals surface area contributed by atoms with E-state index in [0.717, 1.165) is 50.7 Å². The van der Waals surface area contributed by atoms with Crippen LogP contribution in [-0.2, 0) is 4.79 Å². The van der Waals surface area contributed by atoms with Crippen molar-refractivity contribution < 1.29 is 4.79 Å². The Morgan fingerprint density at radius 1 is 1.29 bits per heavy atom. The van der Waals surface area contributed by atoms with Gasteiger partial charge in [-0.15, -0.1) is 0 Å². The molecule has 0 radical (unpaired) electrons. The van der Waals surface area contributed by atoms with Crippen molar-refractivity contribution in [1.82, 2.24) is 15.1 Å². The molecule has 1 N–H and O–H groups in total. The van der Waals surface area contributed by atoms with E-state index in [1.165, 1.54) is 0 Å². The summed E-state index contributed by atoms with van der Waals surface area (Å²) in [5.41, 5.74) is 0. The Bertz CT molecular complexity index is 380. The van der Waals surface area contributed by atoms with Crippen molar-refractivity contribution in [3.8, 4) is 0 Å². The minimum atomic E-state index is 0.195. The normalized spacial score (nSPS) is 23.8. The molecule has 1 atom stereocenters. The lowest BCUT2D eigenvalue weighted by atomic mass is 10.1. The minimum Gasteiger partial charge on any atom is -0.347 e. The van der Waals surface area contributed by atoms with Gasteiger partial charge in [-0.05, 0) is 18.8 Å². The number of rotatable bonds is 3. The molecule has 1 unspecified atom stereocenters. The molecular weight excluding hydrogens is 284 g/mol. The minimum absolute atomic E-state index is 0.195. The van der Waals surface area contributed by atoms with Crippen LogP contribution in [-0.4, -0.2) is 72.4 Å². The molecule has 0 aliphatic carbocycles. The van der Waals surface area contributed by atoms with Gasteiger partial charge < -0.3 is 15.1 Å². The third-order valence-corrected chi connectivity index (χ3v) is 5.74. The Labute approximate surface area is 132 Å². The summed E-state index contributed by atoms with van der Waals surface area (Å²) in [6, 6.07) is 0. The molecule has 0 saturated carbocycles. The molecule has 0 spiro atoms. The van der Waals surface area contributed by atoms with Crippen LogP contribution in [0.5, 0.6) is 0 Å². The van der Waals surface area contributed by atoms with Gasteiger partial charge in [-0.25, -0.2) is 0 Å². The summed E-state index contributed by atoms with van der Waals surface area (Å²) in [4.78, 5) is 20.7. The van der Waals surface area contributed by atoms with E-state index in [1.54, 1.807) is 7.05 Å². The molecule has 0 bridgehead atoms. The number of amides is 1. The summed E-state index contributed by atoms with van der Waals surface area (Å²) in [6.07, 6.45) is 2.28. The molecule has 2 aliphatic rings. The van der Waals surface area contributed by atoms with Crippen LogP contribution in [0.3, 0.4) is 0 Å². The summed E-state index contributed by atoms with van der Waals surface area (Å²) in [5.74, 6) is 2.86. The number of guanidine groups is 1. The Hall–Kier alpha value is -0.910. The smallest absolute Gasteiger partial charge is 0.241 e. The number of hydrogen-bond acceptors (Lipinski definition) is 3. The zero-order valence-corrected chi connectivity index (χ0v) is 14.3. The van der Waals surface area contributed by atoms with Crippen LogP contribution in [0, 0.1) is 5.92 Å². The van der Waals surface area contributed by atoms with Crippen molar-refractivity contribution in [2.24, 2.45) is 10.9 Å². The average molecular weight is 312 g/mol. The summed E-state index contributed by atoms with van der Waals surface area (Å²) < 4.78 is 0. The fourth-order valence-electron chi connectivity index (χ4n) is 2.84. The second-order valence-corrected chi connectivity index (χ2v) is 7.44. The van der Waals surface area contributed by atoms with Crippen molar-refractivity contribution in [3.63, 3.8) is 0 Å². The van der Waals surface area contributed by atoms with Crippen molar-refractivity contribution >= 4 is 23.6 Å². The lowest BCUT2D eigenvalue weighted by Crippen LogP contribution is -2.51. The Kier molecular flexibility index (Phi) is 6.21. The Balaban J connectivity index is 1.83. The van der Waals surface area contributed by atoms with E-state index >= 15 is 0 Å². The second-order valence-electron chi connectivity index (χ2n) is 6.09. The molecule has 0 aromatic carbocycles. The fraction of sp³-hybridized carbons (Fsp3) is 0.867. The molecule has 21 heavy (non-hydrogen) atoms. The molecule has 2 saturated heterocycles. The van der Waals surface area contributed by atoms with E-state index in [0.29, 0.717) is 17.7 Å². The standard InChI is InChI=1S/C15H28N4OS/c1-12(2)13-11-19(8-9-21-13)15(16-3)17-10-14(20)18-6-4-5-7-18/h12-13H,4-11H2,1-3H3,(H,16,17). The highest BCUT2D eigenvalue weighted by molar-refractivity contribution is 8.00. The molecule has 1 amide bonds. The summed E-state index contributed by atoms with van der Waals surface area (Å²) in [6.45, 7) is 8.75. The van der Waals surface area contributed by atoms with E-state index in [4.69, 9.17) is 0 Å². The molecule has 6 heteroatoms. The maximum Gasteiger partial charge on any atom is 0.241 e. The van der Waals surface area contributed by atoms with Gasteiger partial charge in [0.25, 0.3) is 0 Å². The van der Waals surface area contributed by atoms with E-state index in [-0.39, 0.29) is 5.91 Å². The van der Waals surface area contributed by atoms with E-state index in [1.807, 2.05) is 16.7 Å². The van der Waals surface area contributed by atoms with Gasteiger partial charge in [0.05, 0.1) is 6.54 Å². The van der Waals surface area contributed by atoms with Gasteiger partial charge in [0, 0.05) is 44.2 Å². The second kappa shape index (κ2) is 7.92. The van der Waals surface area contributed by atoms with Crippen LogP contribution in [0.1, 0.15) is 26.7 Å². The molecule has 0 aromatic rings. The van der Waals surface area contributed by atoms with Crippen LogP contribution in [0.2, 0.25) is 0 Å². The van der Waals surface area contributed by atoms with Crippen LogP contribution < -0.4 is 5.32 Å². The van der Waals surface area contributed by atoms with Gasteiger partial charge >= 0.3 is 0 Å². The molecule has 2 fully saturated rings. The van der Waals surface area contributed by atoms with Crippen molar-refractivity contribution in [3.05, 3.63) is 0 Å². The molecule has 2 heterocycles. The first-order valence-corrected chi connectivity index (χ1v) is 9.01.